The number of hydrogen-bond acceptors (Lipinski definition) is 2. The van der Waals surface area contributed by atoms with E-state index in [1.54, 1.807) is 0 Å². The molecular formula is C15H16BrClN2. The van der Waals surface area contributed by atoms with E-state index < -0.39 is 0 Å². The molecule has 0 saturated carbocycles. The van der Waals surface area contributed by atoms with E-state index >= 15 is 0 Å². The van der Waals surface area contributed by atoms with Gasteiger partial charge >= 0.3 is 0 Å². The highest BCUT2D eigenvalue weighted by atomic mass is 79.9. The van der Waals surface area contributed by atoms with Gasteiger partial charge in [0, 0.05) is 15.5 Å². The summed E-state index contributed by atoms with van der Waals surface area (Å²) < 4.78 is 1.09. The molecule has 0 spiro atoms. The lowest BCUT2D eigenvalue weighted by Gasteiger charge is -2.16. The first kappa shape index (κ1) is 14.5. The normalized spacial score (nSPS) is 12.4. The van der Waals surface area contributed by atoms with Crippen LogP contribution >= 0.6 is 27.5 Å². The highest BCUT2D eigenvalue weighted by molar-refractivity contribution is 9.10. The average Bonchev–Trinajstić information content (AvgIpc) is 2.40. The molecule has 19 heavy (non-hydrogen) atoms. The lowest BCUT2D eigenvalue weighted by Crippen LogP contribution is -2.38. The van der Waals surface area contributed by atoms with Crippen molar-refractivity contribution in [3.63, 3.8) is 0 Å². The Hall–Kier alpha value is -0.870. The maximum atomic E-state index is 5.88. The molecule has 0 aromatic heterocycles. The van der Waals surface area contributed by atoms with Crippen LogP contribution in [0.3, 0.4) is 0 Å². The Morgan fingerprint density at radius 1 is 1.05 bits per heavy atom. The van der Waals surface area contributed by atoms with Gasteiger partial charge in [0.25, 0.3) is 0 Å². The number of halogens is 2. The second kappa shape index (κ2) is 7.06. The van der Waals surface area contributed by atoms with E-state index in [0.717, 1.165) is 22.3 Å². The van der Waals surface area contributed by atoms with E-state index in [2.05, 4.69) is 33.5 Å². The predicted molar refractivity (Wildman–Crippen MR) is 84.1 cm³/mol. The van der Waals surface area contributed by atoms with Gasteiger partial charge in [-0.15, -0.1) is 0 Å². The van der Waals surface area contributed by atoms with Gasteiger partial charge in [-0.3, -0.25) is 11.3 Å². The van der Waals surface area contributed by atoms with Crippen molar-refractivity contribution in [2.75, 3.05) is 0 Å². The summed E-state index contributed by atoms with van der Waals surface area (Å²) in [7, 11) is 0. The number of hydrogen-bond donors (Lipinski definition) is 2. The van der Waals surface area contributed by atoms with Crippen molar-refractivity contribution in [2.24, 2.45) is 5.84 Å². The zero-order valence-electron chi connectivity index (χ0n) is 10.4. The summed E-state index contributed by atoms with van der Waals surface area (Å²) in [5.74, 6) is 5.65. The van der Waals surface area contributed by atoms with Gasteiger partial charge in [0.1, 0.15) is 0 Å². The number of hydrazine groups is 1. The summed E-state index contributed by atoms with van der Waals surface area (Å²) >= 11 is 9.37. The first-order valence-corrected chi connectivity index (χ1v) is 7.29. The van der Waals surface area contributed by atoms with Crippen LogP contribution in [0, 0.1) is 0 Å². The van der Waals surface area contributed by atoms with Crippen LogP contribution in [0.15, 0.2) is 53.0 Å². The highest BCUT2D eigenvalue weighted by Gasteiger charge is 2.09. The Morgan fingerprint density at radius 2 is 1.74 bits per heavy atom. The third kappa shape index (κ3) is 4.62. The molecule has 3 N–H and O–H groups in total. The molecule has 1 atom stereocenters. The Kier molecular flexibility index (Phi) is 5.40. The molecule has 0 radical (unpaired) electrons. The summed E-state index contributed by atoms with van der Waals surface area (Å²) in [6.45, 7) is 0. The molecule has 0 saturated heterocycles. The lowest BCUT2D eigenvalue weighted by atomic mass is 9.99. The van der Waals surface area contributed by atoms with E-state index in [0.29, 0.717) is 0 Å². The van der Waals surface area contributed by atoms with Crippen LogP contribution in [0.25, 0.3) is 0 Å². The van der Waals surface area contributed by atoms with Crippen molar-refractivity contribution >= 4 is 27.5 Å². The summed E-state index contributed by atoms with van der Waals surface area (Å²) in [4.78, 5) is 0. The van der Waals surface area contributed by atoms with Crippen LogP contribution in [-0.4, -0.2) is 6.04 Å². The molecule has 0 aliphatic rings. The van der Waals surface area contributed by atoms with E-state index in [4.69, 9.17) is 17.4 Å². The fourth-order valence-electron chi connectivity index (χ4n) is 2.04. The van der Waals surface area contributed by atoms with Crippen LogP contribution in [0.2, 0.25) is 5.02 Å². The van der Waals surface area contributed by atoms with Gasteiger partial charge in [-0.1, -0.05) is 51.8 Å². The second-order valence-electron chi connectivity index (χ2n) is 4.53. The van der Waals surface area contributed by atoms with Gasteiger partial charge in [-0.2, -0.15) is 0 Å². The maximum Gasteiger partial charge on any atom is 0.0406 e. The monoisotopic (exact) mass is 338 g/mol. The van der Waals surface area contributed by atoms with E-state index in [1.807, 2.05) is 36.4 Å². The molecule has 0 bridgehead atoms. The first-order chi connectivity index (χ1) is 9.17. The van der Waals surface area contributed by atoms with Crippen LogP contribution in [-0.2, 0) is 12.8 Å². The molecular weight excluding hydrogens is 324 g/mol. The Morgan fingerprint density at radius 3 is 2.37 bits per heavy atom. The maximum absolute atomic E-state index is 5.88. The minimum absolute atomic E-state index is 0.204. The molecule has 2 aromatic carbocycles. The molecule has 2 aromatic rings. The topological polar surface area (TPSA) is 38.0 Å². The second-order valence-corrected chi connectivity index (χ2v) is 5.88. The first-order valence-electron chi connectivity index (χ1n) is 6.12. The van der Waals surface area contributed by atoms with E-state index in [1.165, 1.54) is 11.1 Å². The SMILES string of the molecule is NNC(Cc1ccc(Cl)cc1)Cc1cccc(Br)c1. The third-order valence-corrected chi connectivity index (χ3v) is 3.75. The highest BCUT2D eigenvalue weighted by Crippen LogP contribution is 2.15. The molecule has 1 unspecified atom stereocenters. The quantitative estimate of drug-likeness (QED) is 0.643. The minimum Gasteiger partial charge on any atom is -0.271 e. The number of benzene rings is 2. The summed E-state index contributed by atoms with van der Waals surface area (Å²) in [6.07, 6.45) is 1.76. The number of nitrogens with one attached hydrogen (secondary N) is 1. The fraction of sp³-hybridized carbons (Fsp3) is 0.200. The van der Waals surface area contributed by atoms with Crippen molar-refractivity contribution in [2.45, 2.75) is 18.9 Å². The molecule has 0 aliphatic heterocycles. The molecule has 4 heteroatoms. The third-order valence-electron chi connectivity index (χ3n) is 3.00. The van der Waals surface area contributed by atoms with Crippen LogP contribution in [0.5, 0.6) is 0 Å². The fourth-order valence-corrected chi connectivity index (χ4v) is 2.62. The number of rotatable bonds is 5. The van der Waals surface area contributed by atoms with Gasteiger partial charge in [-0.25, -0.2) is 0 Å². The summed E-state index contributed by atoms with van der Waals surface area (Å²) in [5, 5.41) is 0.757. The molecule has 0 fully saturated rings. The lowest BCUT2D eigenvalue weighted by molar-refractivity contribution is 0.522. The van der Waals surface area contributed by atoms with Gasteiger partial charge in [0.15, 0.2) is 0 Å². The molecule has 0 amide bonds. The Labute approximate surface area is 127 Å². The molecule has 2 rings (SSSR count). The van der Waals surface area contributed by atoms with Crippen LogP contribution in [0.4, 0.5) is 0 Å². The zero-order chi connectivity index (χ0) is 13.7. The molecule has 2 nitrogen and oxygen atoms in total. The number of nitrogens with two attached hydrogens (primary N) is 1. The Balaban J connectivity index is 2.02. The van der Waals surface area contributed by atoms with Crippen molar-refractivity contribution in [3.05, 3.63) is 69.2 Å². The van der Waals surface area contributed by atoms with Crippen LogP contribution < -0.4 is 11.3 Å². The van der Waals surface area contributed by atoms with Crippen molar-refractivity contribution in [1.29, 1.82) is 0 Å². The summed E-state index contributed by atoms with van der Waals surface area (Å²) in [5.41, 5.74) is 5.37. The molecule has 0 aliphatic carbocycles. The van der Waals surface area contributed by atoms with Gasteiger partial charge in [-0.05, 0) is 48.2 Å². The minimum atomic E-state index is 0.204. The van der Waals surface area contributed by atoms with Gasteiger partial charge < -0.3 is 0 Å². The summed E-state index contributed by atoms with van der Waals surface area (Å²) in [6, 6.07) is 16.4. The van der Waals surface area contributed by atoms with E-state index in [-0.39, 0.29) is 6.04 Å². The van der Waals surface area contributed by atoms with Crippen LogP contribution in [0.1, 0.15) is 11.1 Å². The van der Waals surface area contributed by atoms with Crippen molar-refractivity contribution in [1.82, 2.24) is 5.43 Å². The average molecular weight is 340 g/mol. The van der Waals surface area contributed by atoms with Crippen molar-refractivity contribution < 1.29 is 0 Å². The predicted octanol–water partition coefficient (Wildman–Crippen LogP) is 3.72. The van der Waals surface area contributed by atoms with Gasteiger partial charge in [0.2, 0.25) is 0 Å². The smallest absolute Gasteiger partial charge is 0.0406 e. The standard InChI is InChI=1S/C15H16BrClN2/c16-13-3-1-2-12(8-13)10-15(19-18)9-11-4-6-14(17)7-5-11/h1-8,15,19H,9-10,18H2. The molecule has 100 valence electrons. The largest absolute Gasteiger partial charge is 0.271 e. The Bertz CT molecular complexity index is 528. The van der Waals surface area contributed by atoms with Crippen molar-refractivity contribution in [3.8, 4) is 0 Å². The molecule has 0 heterocycles. The van der Waals surface area contributed by atoms with Gasteiger partial charge in [0.05, 0.1) is 0 Å². The zero-order valence-corrected chi connectivity index (χ0v) is 12.8. The van der Waals surface area contributed by atoms with E-state index in [9.17, 15) is 0 Å².